The molecule has 0 saturated carbocycles. The molecule has 9 nitrogen and oxygen atoms in total. The van der Waals surface area contributed by atoms with Gasteiger partial charge in [-0.2, -0.15) is 0 Å². The lowest BCUT2D eigenvalue weighted by Crippen LogP contribution is -2.40. The fraction of sp³-hybridized carbons (Fsp3) is 0.240. The Morgan fingerprint density at radius 3 is 2.66 bits per heavy atom. The molecule has 180 valence electrons. The van der Waals surface area contributed by atoms with E-state index in [0.29, 0.717) is 31.9 Å². The van der Waals surface area contributed by atoms with Crippen molar-refractivity contribution in [1.82, 2.24) is 4.57 Å². The van der Waals surface area contributed by atoms with Crippen LogP contribution in [0.4, 0.5) is 5.69 Å². The molecule has 0 unspecified atom stereocenters. The molecule has 2 heterocycles. The molecule has 35 heavy (non-hydrogen) atoms. The van der Waals surface area contributed by atoms with Gasteiger partial charge in [0.05, 0.1) is 33.9 Å². The highest BCUT2D eigenvalue weighted by atomic mass is 32.1. The number of nitro benzene ring substituents is 1. The van der Waals surface area contributed by atoms with E-state index in [9.17, 15) is 19.7 Å². The van der Waals surface area contributed by atoms with Crippen LogP contribution in [0.15, 0.2) is 69.6 Å². The molecular weight excluding hydrogens is 470 g/mol. The highest BCUT2D eigenvalue weighted by molar-refractivity contribution is 7.07. The van der Waals surface area contributed by atoms with Gasteiger partial charge in [0.2, 0.25) is 0 Å². The largest absolute Gasteiger partial charge is 0.491 e. The number of allylic oxidation sites excluding steroid dienone is 1. The van der Waals surface area contributed by atoms with Gasteiger partial charge in [-0.25, -0.2) is 9.79 Å². The third kappa shape index (κ3) is 4.65. The molecule has 1 atom stereocenters. The fourth-order valence-electron chi connectivity index (χ4n) is 3.93. The molecule has 0 radical (unpaired) electrons. The Morgan fingerprint density at radius 2 is 1.97 bits per heavy atom. The van der Waals surface area contributed by atoms with Gasteiger partial charge >= 0.3 is 5.97 Å². The third-order valence-corrected chi connectivity index (χ3v) is 6.36. The second-order valence-electron chi connectivity index (χ2n) is 8.13. The summed E-state index contributed by atoms with van der Waals surface area (Å²) < 4.78 is 12.8. The Bertz CT molecular complexity index is 1530. The lowest BCUT2D eigenvalue weighted by molar-refractivity contribution is -0.384. The topological polar surface area (TPSA) is 113 Å². The quantitative estimate of drug-likeness (QED) is 0.296. The highest BCUT2D eigenvalue weighted by Crippen LogP contribution is 2.36. The van der Waals surface area contributed by atoms with Gasteiger partial charge in [-0.3, -0.25) is 19.5 Å². The van der Waals surface area contributed by atoms with Crippen molar-refractivity contribution >= 4 is 29.1 Å². The molecule has 10 heteroatoms. The second kappa shape index (κ2) is 9.67. The van der Waals surface area contributed by atoms with E-state index in [1.165, 1.54) is 23.8 Å². The zero-order valence-corrected chi connectivity index (χ0v) is 20.4. The van der Waals surface area contributed by atoms with Crippen molar-refractivity contribution < 1.29 is 19.2 Å². The van der Waals surface area contributed by atoms with Crippen molar-refractivity contribution in [3.8, 4) is 5.75 Å². The van der Waals surface area contributed by atoms with Crippen LogP contribution < -0.4 is 19.6 Å². The molecule has 2 aromatic carbocycles. The Morgan fingerprint density at radius 1 is 1.23 bits per heavy atom. The molecule has 0 bridgehead atoms. The summed E-state index contributed by atoms with van der Waals surface area (Å²) in [5.74, 6) is -0.0552. The van der Waals surface area contributed by atoms with Gasteiger partial charge in [0.25, 0.3) is 11.2 Å². The molecule has 1 aliphatic rings. The van der Waals surface area contributed by atoms with Gasteiger partial charge in [0, 0.05) is 17.7 Å². The molecule has 1 aliphatic heterocycles. The molecule has 3 aromatic rings. The number of carbonyl (C=O) groups is 1. The first kappa shape index (κ1) is 24.1. The number of esters is 1. The highest BCUT2D eigenvalue weighted by Gasteiger charge is 2.34. The Kier molecular flexibility index (Phi) is 6.65. The number of aromatic nitrogens is 1. The van der Waals surface area contributed by atoms with E-state index in [2.05, 4.69) is 4.99 Å². The summed E-state index contributed by atoms with van der Waals surface area (Å²) in [4.78, 5) is 42.1. The summed E-state index contributed by atoms with van der Waals surface area (Å²) in [7, 11) is 1.28. The molecule has 0 saturated heterocycles. The van der Waals surface area contributed by atoms with E-state index in [-0.39, 0.29) is 22.9 Å². The van der Waals surface area contributed by atoms with E-state index in [0.717, 1.165) is 11.3 Å². The van der Waals surface area contributed by atoms with Crippen LogP contribution in [0.1, 0.15) is 37.9 Å². The number of carbonyl (C=O) groups excluding carboxylic acids is 1. The standard InChI is InChI=1S/C25H23N3O6S/c1-14(2)34-19-11-6-5-10-18(19)22-21(24(30)33-4)15(3)26-25-27(22)23(29)20(35-25)13-16-8-7-9-17(12-16)28(31)32/h5-14,22H,1-4H3/b20-13-/t22-/m0/s1. The van der Waals surface area contributed by atoms with E-state index in [4.69, 9.17) is 9.47 Å². The number of rotatable bonds is 6. The molecule has 0 fully saturated rings. The summed E-state index contributed by atoms with van der Waals surface area (Å²) in [6, 6.07) is 12.4. The summed E-state index contributed by atoms with van der Waals surface area (Å²) in [6.45, 7) is 5.48. The number of benzene rings is 2. The number of methoxy groups -OCH3 is 1. The van der Waals surface area contributed by atoms with Crippen LogP contribution in [0.5, 0.6) is 5.75 Å². The van der Waals surface area contributed by atoms with Crippen LogP contribution in [-0.2, 0) is 9.53 Å². The first-order chi connectivity index (χ1) is 16.7. The van der Waals surface area contributed by atoms with Crippen molar-refractivity contribution in [2.75, 3.05) is 7.11 Å². The number of hydrogen-bond donors (Lipinski definition) is 0. The maximum atomic E-state index is 13.6. The maximum absolute atomic E-state index is 13.6. The molecule has 0 amide bonds. The molecule has 4 rings (SSSR count). The Labute approximate surface area is 204 Å². The molecule has 1 aromatic heterocycles. The van der Waals surface area contributed by atoms with E-state index < -0.39 is 16.9 Å². The minimum absolute atomic E-state index is 0.0759. The second-order valence-corrected chi connectivity index (χ2v) is 9.14. The Hall–Kier alpha value is -4.05. The summed E-state index contributed by atoms with van der Waals surface area (Å²) in [5, 5.41) is 11.2. The molecule has 0 spiro atoms. The lowest BCUT2D eigenvalue weighted by atomic mass is 9.95. The smallest absolute Gasteiger partial charge is 0.338 e. The summed E-state index contributed by atoms with van der Waals surface area (Å²) in [6.07, 6.45) is 1.45. The average molecular weight is 494 g/mol. The van der Waals surface area contributed by atoms with E-state index in [1.807, 2.05) is 32.0 Å². The van der Waals surface area contributed by atoms with Crippen molar-refractivity contribution in [3.05, 3.63) is 101 Å². The van der Waals surface area contributed by atoms with Crippen LogP contribution in [0.3, 0.4) is 0 Å². The van der Waals surface area contributed by atoms with Crippen molar-refractivity contribution in [2.45, 2.75) is 32.9 Å². The zero-order valence-electron chi connectivity index (χ0n) is 19.6. The van der Waals surface area contributed by atoms with Crippen molar-refractivity contribution in [1.29, 1.82) is 0 Å². The fourth-order valence-corrected chi connectivity index (χ4v) is 4.98. The van der Waals surface area contributed by atoms with E-state index in [1.54, 1.807) is 31.2 Å². The van der Waals surface area contributed by atoms with Gasteiger partial charge < -0.3 is 9.47 Å². The summed E-state index contributed by atoms with van der Waals surface area (Å²) >= 11 is 1.15. The minimum atomic E-state index is -0.819. The van der Waals surface area contributed by atoms with Gasteiger partial charge in [-0.15, -0.1) is 0 Å². The van der Waals surface area contributed by atoms with Crippen molar-refractivity contribution in [2.24, 2.45) is 4.99 Å². The van der Waals surface area contributed by atoms with Gasteiger partial charge in [0.15, 0.2) is 4.80 Å². The first-order valence-corrected chi connectivity index (χ1v) is 11.6. The number of nitrogens with zero attached hydrogens (tertiary/aromatic N) is 3. The van der Waals surface area contributed by atoms with Crippen LogP contribution in [0.25, 0.3) is 6.08 Å². The minimum Gasteiger partial charge on any atom is -0.491 e. The first-order valence-electron chi connectivity index (χ1n) is 10.8. The van der Waals surface area contributed by atoms with Crippen LogP contribution in [0.2, 0.25) is 0 Å². The van der Waals surface area contributed by atoms with Crippen LogP contribution in [-0.4, -0.2) is 28.7 Å². The van der Waals surface area contributed by atoms with Crippen molar-refractivity contribution in [3.63, 3.8) is 0 Å². The lowest BCUT2D eigenvalue weighted by Gasteiger charge is -2.26. The molecule has 0 aliphatic carbocycles. The molecular formula is C25H23N3O6S. The van der Waals surface area contributed by atoms with Crippen LogP contribution in [0, 0.1) is 10.1 Å². The average Bonchev–Trinajstić information content (AvgIpc) is 3.12. The number of nitro groups is 1. The van der Waals surface area contributed by atoms with Gasteiger partial charge in [0.1, 0.15) is 11.8 Å². The SMILES string of the molecule is COC(=O)C1=C(C)N=c2s/c(=C\c3cccc([N+](=O)[O-])c3)c(=O)n2[C@H]1c1ccccc1OC(C)C. The summed E-state index contributed by atoms with van der Waals surface area (Å²) in [5.41, 5.74) is 1.35. The molecule has 0 N–H and O–H groups in total. The number of para-hydroxylation sites is 1. The number of fused-ring (bicyclic) bond motifs is 1. The normalized spacial score (nSPS) is 15.6. The van der Waals surface area contributed by atoms with Gasteiger partial charge in [-0.1, -0.05) is 41.7 Å². The predicted octanol–water partition coefficient (Wildman–Crippen LogP) is 3.10. The zero-order chi connectivity index (χ0) is 25.3. The number of non-ortho nitro benzene ring substituents is 1. The maximum Gasteiger partial charge on any atom is 0.338 e. The van der Waals surface area contributed by atoms with Gasteiger partial charge in [-0.05, 0) is 38.5 Å². The number of hydrogen-bond acceptors (Lipinski definition) is 8. The number of ether oxygens (including phenoxy) is 2. The Balaban J connectivity index is 1.98. The monoisotopic (exact) mass is 493 g/mol. The van der Waals surface area contributed by atoms with Crippen LogP contribution >= 0.6 is 11.3 Å². The third-order valence-electron chi connectivity index (χ3n) is 5.38. The van der Waals surface area contributed by atoms with E-state index >= 15 is 0 Å². The number of thiazole rings is 1. The predicted molar refractivity (Wildman–Crippen MR) is 131 cm³/mol.